The molecule has 0 saturated carbocycles. The Balaban J connectivity index is 1.90. The van der Waals surface area contributed by atoms with E-state index in [1.165, 1.54) is 36.5 Å². The van der Waals surface area contributed by atoms with Crippen LogP contribution in [0.2, 0.25) is 0 Å². The predicted octanol–water partition coefficient (Wildman–Crippen LogP) is 3.45. The molecule has 0 radical (unpaired) electrons. The van der Waals surface area contributed by atoms with Gasteiger partial charge in [-0.3, -0.25) is 4.79 Å². The number of alkyl halides is 1. The number of ether oxygens (including phenoxy) is 1. The number of rotatable bonds is 9. The van der Waals surface area contributed by atoms with Gasteiger partial charge >= 0.3 is 0 Å². The monoisotopic (exact) mass is 367 g/mol. The maximum absolute atomic E-state index is 11.6. The summed E-state index contributed by atoms with van der Waals surface area (Å²) in [5.74, 6) is 0.193. The topological polar surface area (TPSA) is 38.3 Å². The van der Waals surface area contributed by atoms with Crippen molar-refractivity contribution in [3.63, 3.8) is 0 Å². The van der Waals surface area contributed by atoms with Crippen LogP contribution in [0, 0.1) is 0 Å². The molecule has 1 unspecified atom stereocenters. The summed E-state index contributed by atoms with van der Waals surface area (Å²) in [5, 5.41) is 3.00. The van der Waals surface area contributed by atoms with Crippen LogP contribution >= 0.6 is 22.6 Å². The molecule has 0 bridgehead atoms. The first-order chi connectivity index (χ1) is 8.83. The van der Waals surface area contributed by atoms with E-state index in [1.54, 1.807) is 0 Å². The molecule has 4 heteroatoms. The molecule has 1 heterocycles. The third-order valence-corrected chi connectivity index (χ3v) is 4.11. The van der Waals surface area contributed by atoms with E-state index in [4.69, 9.17) is 4.74 Å². The van der Waals surface area contributed by atoms with Crippen LogP contribution in [-0.4, -0.2) is 29.6 Å². The maximum Gasteiger partial charge on any atom is 0.220 e. The lowest BCUT2D eigenvalue weighted by molar-refractivity contribution is -0.122. The molecule has 0 aromatic carbocycles. The Hall–Kier alpha value is 0.160. The summed E-state index contributed by atoms with van der Waals surface area (Å²) in [7, 11) is 0. The zero-order valence-electron chi connectivity index (χ0n) is 11.3. The predicted molar refractivity (Wildman–Crippen MR) is 83.2 cm³/mol. The van der Waals surface area contributed by atoms with Crippen LogP contribution in [0.25, 0.3) is 0 Å². The van der Waals surface area contributed by atoms with E-state index in [9.17, 15) is 4.79 Å². The highest BCUT2D eigenvalue weighted by Crippen LogP contribution is 2.16. The Morgan fingerprint density at radius 3 is 2.78 bits per heavy atom. The second-order valence-corrected chi connectivity index (χ2v) is 6.06. The molecule has 1 saturated heterocycles. The summed E-state index contributed by atoms with van der Waals surface area (Å²) in [4.78, 5) is 11.6. The second-order valence-electron chi connectivity index (χ2n) is 4.98. The molecule has 0 aromatic rings. The first-order valence-corrected chi connectivity index (χ1v) is 8.79. The van der Waals surface area contributed by atoms with Crippen molar-refractivity contribution in [1.82, 2.24) is 5.32 Å². The fourth-order valence-corrected chi connectivity index (χ4v) is 2.76. The quantitative estimate of drug-likeness (QED) is 0.385. The van der Waals surface area contributed by atoms with Crippen LogP contribution in [0.4, 0.5) is 0 Å². The number of hydrogen-bond acceptors (Lipinski definition) is 2. The Morgan fingerprint density at radius 2 is 2.06 bits per heavy atom. The molecule has 1 fully saturated rings. The van der Waals surface area contributed by atoms with Gasteiger partial charge in [-0.1, -0.05) is 35.4 Å². The molecular weight excluding hydrogens is 341 g/mol. The fourth-order valence-electron chi connectivity index (χ4n) is 2.22. The Bertz CT molecular complexity index is 218. The first-order valence-electron chi connectivity index (χ1n) is 7.27. The normalized spacial score (nSPS) is 19.7. The molecular formula is C14H26INO2. The molecule has 0 aliphatic carbocycles. The van der Waals surface area contributed by atoms with Crippen molar-refractivity contribution < 1.29 is 9.53 Å². The van der Waals surface area contributed by atoms with Gasteiger partial charge in [0.15, 0.2) is 0 Å². The molecule has 3 nitrogen and oxygen atoms in total. The van der Waals surface area contributed by atoms with E-state index >= 15 is 0 Å². The lowest BCUT2D eigenvalue weighted by Gasteiger charge is -2.22. The highest BCUT2D eigenvalue weighted by Gasteiger charge is 2.14. The van der Waals surface area contributed by atoms with Crippen molar-refractivity contribution in [3.05, 3.63) is 0 Å². The van der Waals surface area contributed by atoms with Gasteiger partial charge in [-0.15, -0.1) is 0 Å². The molecule has 106 valence electrons. The van der Waals surface area contributed by atoms with E-state index in [-0.39, 0.29) is 5.91 Å². The summed E-state index contributed by atoms with van der Waals surface area (Å²) < 4.78 is 6.86. The van der Waals surface area contributed by atoms with Crippen molar-refractivity contribution in [2.75, 3.05) is 17.6 Å². The van der Waals surface area contributed by atoms with Crippen LogP contribution in [-0.2, 0) is 9.53 Å². The Morgan fingerprint density at radius 1 is 1.22 bits per heavy atom. The highest BCUT2D eigenvalue weighted by molar-refractivity contribution is 14.1. The fraction of sp³-hybridized carbons (Fsp3) is 0.929. The Kier molecular flexibility index (Phi) is 9.93. The van der Waals surface area contributed by atoms with E-state index in [1.807, 2.05) is 0 Å². The van der Waals surface area contributed by atoms with E-state index in [0.717, 1.165) is 32.4 Å². The molecule has 1 aliphatic heterocycles. The van der Waals surface area contributed by atoms with Crippen molar-refractivity contribution in [2.45, 2.75) is 63.9 Å². The van der Waals surface area contributed by atoms with Gasteiger partial charge in [-0.2, -0.15) is 0 Å². The lowest BCUT2D eigenvalue weighted by atomic mass is 10.0. The molecule has 0 aromatic heterocycles. The largest absolute Gasteiger partial charge is 0.378 e. The van der Waals surface area contributed by atoms with Gasteiger partial charge in [0.25, 0.3) is 0 Å². The van der Waals surface area contributed by atoms with Crippen LogP contribution < -0.4 is 5.32 Å². The number of halogens is 1. The zero-order valence-corrected chi connectivity index (χ0v) is 13.4. The third kappa shape index (κ3) is 8.29. The first kappa shape index (κ1) is 16.2. The average Bonchev–Trinajstić information content (AvgIpc) is 2.41. The molecule has 18 heavy (non-hydrogen) atoms. The van der Waals surface area contributed by atoms with Crippen molar-refractivity contribution >= 4 is 28.5 Å². The standard InChI is InChI=1S/C14H26INO2/c15-10-4-1-2-5-11-16-14(17)9-8-13-7-3-6-12-18-13/h13H,1-12H2,(H,16,17). The van der Waals surface area contributed by atoms with Crippen LogP contribution in [0.1, 0.15) is 57.8 Å². The van der Waals surface area contributed by atoms with E-state index in [0.29, 0.717) is 12.5 Å². The van der Waals surface area contributed by atoms with Gasteiger partial charge in [0, 0.05) is 19.6 Å². The molecule has 1 amide bonds. The maximum atomic E-state index is 11.6. The minimum atomic E-state index is 0.193. The summed E-state index contributed by atoms with van der Waals surface area (Å²) in [5.41, 5.74) is 0. The smallest absolute Gasteiger partial charge is 0.220 e. The van der Waals surface area contributed by atoms with Crippen molar-refractivity contribution in [3.8, 4) is 0 Å². The second kappa shape index (κ2) is 11.0. The summed E-state index contributed by atoms with van der Waals surface area (Å²) in [6.07, 6.45) is 10.3. The number of nitrogens with one attached hydrogen (secondary N) is 1. The van der Waals surface area contributed by atoms with Gasteiger partial charge in [0.1, 0.15) is 0 Å². The SMILES string of the molecule is O=C(CCC1CCCCO1)NCCCCCCI. The summed E-state index contributed by atoms with van der Waals surface area (Å²) in [6.45, 7) is 1.72. The van der Waals surface area contributed by atoms with Crippen molar-refractivity contribution in [1.29, 1.82) is 0 Å². The van der Waals surface area contributed by atoms with Gasteiger partial charge in [0.2, 0.25) is 5.91 Å². The van der Waals surface area contributed by atoms with Gasteiger partial charge in [0.05, 0.1) is 6.10 Å². The molecule has 0 spiro atoms. The minimum absolute atomic E-state index is 0.193. The van der Waals surface area contributed by atoms with Crippen LogP contribution in [0.3, 0.4) is 0 Å². The number of carbonyl (C=O) groups is 1. The van der Waals surface area contributed by atoms with Gasteiger partial charge < -0.3 is 10.1 Å². The summed E-state index contributed by atoms with van der Waals surface area (Å²) in [6, 6.07) is 0. The number of amides is 1. The van der Waals surface area contributed by atoms with E-state index < -0.39 is 0 Å². The van der Waals surface area contributed by atoms with Crippen molar-refractivity contribution in [2.24, 2.45) is 0 Å². The van der Waals surface area contributed by atoms with Gasteiger partial charge in [-0.25, -0.2) is 0 Å². The zero-order chi connectivity index (χ0) is 13.1. The Labute approximate surface area is 125 Å². The minimum Gasteiger partial charge on any atom is -0.378 e. The number of unbranched alkanes of at least 4 members (excludes halogenated alkanes) is 3. The highest BCUT2D eigenvalue weighted by atomic mass is 127. The average molecular weight is 367 g/mol. The summed E-state index contributed by atoms with van der Waals surface area (Å²) >= 11 is 2.41. The molecule has 1 rings (SSSR count). The van der Waals surface area contributed by atoms with Crippen LogP contribution in [0.15, 0.2) is 0 Å². The lowest BCUT2D eigenvalue weighted by Crippen LogP contribution is -2.27. The molecule has 1 N–H and O–H groups in total. The molecule has 1 atom stereocenters. The van der Waals surface area contributed by atoms with Gasteiger partial charge in [-0.05, 0) is 43.0 Å². The van der Waals surface area contributed by atoms with E-state index in [2.05, 4.69) is 27.9 Å². The number of carbonyl (C=O) groups excluding carboxylic acids is 1. The molecule has 1 aliphatic rings. The number of hydrogen-bond donors (Lipinski definition) is 1. The third-order valence-electron chi connectivity index (χ3n) is 3.35. The van der Waals surface area contributed by atoms with Crippen LogP contribution in [0.5, 0.6) is 0 Å².